The molecule has 0 saturated carbocycles. The minimum Gasteiger partial charge on any atom is -0.489 e. The number of rotatable bonds is 9. The van der Waals surface area contributed by atoms with Crippen molar-refractivity contribution in [2.45, 2.75) is 71.5 Å². The van der Waals surface area contributed by atoms with Crippen LogP contribution in [0.3, 0.4) is 0 Å². The van der Waals surface area contributed by atoms with Crippen molar-refractivity contribution < 1.29 is 23.8 Å². The normalized spacial score (nSPS) is 15.3. The standard InChI is InChI=1S/C31H36N2O5S/c1-5-36-29(34)13-9-23-17-25(37-26-14-15-33(20-26)30(35)38-31(2,3)4)10-7-22(23)8-11-27-18-24-16-21(19-32)6-12-28(24)39-27/h6-7,10,12,16-18,26H,5,8-9,11,13-15,20H2,1-4H3/t26-/m0/s1. The van der Waals surface area contributed by atoms with E-state index in [0.29, 0.717) is 38.1 Å². The zero-order valence-corrected chi connectivity index (χ0v) is 23.9. The first-order valence-corrected chi connectivity index (χ1v) is 14.3. The lowest BCUT2D eigenvalue weighted by atomic mass is 9.98. The molecule has 1 aliphatic rings. The highest BCUT2D eigenvalue weighted by Gasteiger charge is 2.31. The van der Waals surface area contributed by atoms with Crippen LogP contribution < -0.4 is 4.74 Å². The zero-order chi connectivity index (χ0) is 28.0. The number of ether oxygens (including phenoxy) is 3. The molecule has 0 radical (unpaired) electrons. The fraction of sp³-hybridized carbons (Fsp3) is 0.452. The van der Waals surface area contributed by atoms with Crippen molar-refractivity contribution in [1.29, 1.82) is 5.26 Å². The van der Waals surface area contributed by atoms with Crippen LogP contribution in [0.1, 0.15) is 62.1 Å². The summed E-state index contributed by atoms with van der Waals surface area (Å²) in [7, 11) is 0. The topological polar surface area (TPSA) is 88.9 Å². The van der Waals surface area contributed by atoms with Crippen molar-refractivity contribution in [3.63, 3.8) is 0 Å². The molecule has 1 aliphatic heterocycles. The number of carbonyl (C=O) groups excluding carboxylic acids is 2. The van der Waals surface area contributed by atoms with Gasteiger partial charge in [0.1, 0.15) is 17.5 Å². The van der Waals surface area contributed by atoms with Crippen LogP contribution in [-0.4, -0.2) is 48.4 Å². The molecule has 3 aromatic rings. The molecule has 206 valence electrons. The number of nitriles is 1. The molecule has 2 aromatic carbocycles. The number of esters is 1. The highest BCUT2D eigenvalue weighted by atomic mass is 32.1. The van der Waals surface area contributed by atoms with E-state index in [1.165, 1.54) is 15.1 Å². The summed E-state index contributed by atoms with van der Waals surface area (Å²) in [6.07, 6.45) is 2.87. The molecule has 1 fully saturated rings. The van der Waals surface area contributed by atoms with Crippen LogP contribution in [0, 0.1) is 11.3 Å². The molecule has 1 aromatic heterocycles. The van der Waals surface area contributed by atoms with E-state index >= 15 is 0 Å². The lowest BCUT2D eigenvalue weighted by Crippen LogP contribution is -2.36. The average molecular weight is 549 g/mol. The number of benzene rings is 2. The van der Waals surface area contributed by atoms with Crippen molar-refractivity contribution in [3.8, 4) is 11.8 Å². The van der Waals surface area contributed by atoms with Gasteiger partial charge < -0.3 is 19.1 Å². The van der Waals surface area contributed by atoms with Crippen molar-refractivity contribution in [2.75, 3.05) is 19.7 Å². The first-order valence-electron chi connectivity index (χ1n) is 13.5. The van der Waals surface area contributed by atoms with Crippen LogP contribution in [0.15, 0.2) is 42.5 Å². The summed E-state index contributed by atoms with van der Waals surface area (Å²) in [6, 6.07) is 16.2. The van der Waals surface area contributed by atoms with E-state index in [-0.39, 0.29) is 18.2 Å². The minimum atomic E-state index is -0.533. The van der Waals surface area contributed by atoms with E-state index in [4.69, 9.17) is 14.2 Å². The molecule has 8 heteroatoms. The van der Waals surface area contributed by atoms with Gasteiger partial charge in [-0.1, -0.05) is 6.07 Å². The Balaban J connectivity index is 1.44. The van der Waals surface area contributed by atoms with E-state index in [0.717, 1.165) is 36.0 Å². The summed E-state index contributed by atoms with van der Waals surface area (Å²) in [6.45, 7) is 8.83. The molecular formula is C31H36N2O5S. The summed E-state index contributed by atoms with van der Waals surface area (Å²) >= 11 is 1.75. The Morgan fingerprint density at radius 1 is 1.08 bits per heavy atom. The Morgan fingerprint density at radius 3 is 2.64 bits per heavy atom. The number of hydrogen-bond acceptors (Lipinski definition) is 7. The van der Waals surface area contributed by atoms with Crippen LogP contribution >= 0.6 is 11.3 Å². The molecule has 0 N–H and O–H groups in total. The number of hydrogen-bond donors (Lipinski definition) is 0. The SMILES string of the molecule is CCOC(=O)CCc1cc(O[C@H]2CCN(C(=O)OC(C)(C)C)C2)ccc1CCc1cc2cc(C#N)ccc2s1. The van der Waals surface area contributed by atoms with Crippen LogP contribution in [0.5, 0.6) is 5.75 Å². The van der Waals surface area contributed by atoms with Gasteiger partial charge in [-0.3, -0.25) is 4.79 Å². The molecule has 0 spiro atoms. The average Bonchev–Trinajstić information content (AvgIpc) is 3.52. The molecule has 2 heterocycles. The molecule has 7 nitrogen and oxygen atoms in total. The third kappa shape index (κ3) is 7.96. The molecule has 0 unspecified atom stereocenters. The maximum absolute atomic E-state index is 12.4. The minimum absolute atomic E-state index is 0.113. The van der Waals surface area contributed by atoms with Crippen LogP contribution in [0.25, 0.3) is 10.1 Å². The van der Waals surface area contributed by atoms with Gasteiger partial charge in [-0.05, 0) is 99.9 Å². The number of fused-ring (bicyclic) bond motifs is 1. The molecule has 39 heavy (non-hydrogen) atoms. The van der Waals surface area contributed by atoms with E-state index in [2.05, 4.69) is 18.2 Å². The molecular weight excluding hydrogens is 512 g/mol. The fourth-order valence-electron chi connectivity index (χ4n) is 4.68. The Hall–Kier alpha value is -3.57. The number of likely N-dealkylation sites (tertiary alicyclic amines) is 1. The summed E-state index contributed by atoms with van der Waals surface area (Å²) in [4.78, 5) is 27.5. The number of amides is 1. The van der Waals surface area contributed by atoms with Crippen molar-refractivity contribution in [1.82, 2.24) is 4.90 Å². The van der Waals surface area contributed by atoms with Gasteiger partial charge in [0.05, 0.1) is 24.8 Å². The van der Waals surface area contributed by atoms with Gasteiger partial charge in [-0.25, -0.2) is 4.79 Å². The lowest BCUT2D eigenvalue weighted by Gasteiger charge is -2.24. The van der Waals surface area contributed by atoms with Gasteiger partial charge >= 0.3 is 12.1 Å². The monoisotopic (exact) mass is 548 g/mol. The second kappa shape index (κ2) is 12.5. The summed E-state index contributed by atoms with van der Waals surface area (Å²) in [5, 5.41) is 10.3. The summed E-state index contributed by atoms with van der Waals surface area (Å²) in [5.41, 5.74) is 2.37. The van der Waals surface area contributed by atoms with E-state index in [1.54, 1.807) is 16.2 Å². The quantitative estimate of drug-likeness (QED) is 0.286. The first kappa shape index (κ1) is 28.4. The van der Waals surface area contributed by atoms with Crippen LogP contribution in [0.2, 0.25) is 0 Å². The first-order chi connectivity index (χ1) is 18.6. The van der Waals surface area contributed by atoms with Crippen molar-refractivity contribution in [3.05, 3.63) is 64.0 Å². The van der Waals surface area contributed by atoms with Crippen molar-refractivity contribution in [2.24, 2.45) is 0 Å². The predicted octanol–water partition coefficient (Wildman–Crippen LogP) is 6.44. The molecule has 1 saturated heterocycles. The zero-order valence-electron chi connectivity index (χ0n) is 23.1. The summed E-state index contributed by atoms with van der Waals surface area (Å²) in [5.74, 6) is 0.524. The van der Waals surface area contributed by atoms with E-state index in [9.17, 15) is 14.9 Å². The third-order valence-electron chi connectivity index (χ3n) is 6.52. The Morgan fingerprint density at radius 2 is 1.90 bits per heavy atom. The lowest BCUT2D eigenvalue weighted by molar-refractivity contribution is -0.143. The Kier molecular flexibility index (Phi) is 9.13. The van der Waals surface area contributed by atoms with Crippen LogP contribution in [0.4, 0.5) is 4.79 Å². The second-order valence-electron chi connectivity index (χ2n) is 10.8. The smallest absolute Gasteiger partial charge is 0.410 e. The number of thiophene rings is 1. The van der Waals surface area contributed by atoms with Gasteiger partial charge in [0.2, 0.25) is 0 Å². The highest BCUT2D eigenvalue weighted by molar-refractivity contribution is 7.19. The molecule has 4 rings (SSSR count). The maximum Gasteiger partial charge on any atom is 0.410 e. The fourth-order valence-corrected chi connectivity index (χ4v) is 5.72. The molecule has 1 atom stereocenters. The second-order valence-corrected chi connectivity index (χ2v) is 11.9. The molecule has 0 aliphatic carbocycles. The maximum atomic E-state index is 12.4. The van der Waals surface area contributed by atoms with Gasteiger partial charge in [-0.2, -0.15) is 5.26 Å². The number of nitrogens with zero attached hydrogens (tertiary/aromatic N) is 2. The number of aryl methyl sites for hydroxylation is 3. The third-order valence-corrected chi connectivity index (χ3v) is 7.69. The molecule has 0 bridgehead atoms. The highest BCUT2D eigenvalue weighted by Crippen LogP contribution is 2.29. The van der Waals surface area contributed by atoms with Gasteiger partial charge in [0, 0.05) is 29.0 Å². The van der Waals surface area contributed by atoms with Gasteiger partial charge in [-0.15, -0.1) is 11.3 Å². The predicted molar refractivity (Wildman–Crippen MR) is 152 cm³/mol. The largest absolute Gasteiger partial charge is 0.489 e. The summed E-state index contributed by atoms with van der Waals surface area (Å²) < 4.78 is 18.1. The van der Waals surface area contributed by atoms with Crippen molar-refractivity contribution >= 4 is 33.5 Å². The van der Waals surface area contributed by atoms with Crippen LogP contribution in [-0.2, 0) is 33.5 Å². The Labute approximate surface area is 234 Å². The Bertz CT molecular complexity index is 1370. The number of carbonyl (C=O) groups is 2. The van der Waals surface area contributed by atoms with Gasteiger partial charge in [0.25, 0.3) is 0 Å². The van der Waals surface area contributed by atoms with E-state index < -0.39 is 5.60 Å². The van der Waals surface area contributed by atoms with E-state index in [1.807, 2.05) is 58.0 Å². The van der Waals surface area contributed by atoms with Gasteiger partial charge in [0.15, 0.2) is 0 Å². The molecule has 1 amide bonds.